The number of unbranched alkanes of at least 4 members (excludes halogenated alkanes) is 1. The Morgan fingerprint density at radius 3 is 2.72 bits per heavy atom. The zero-order valence-electron chi connectivity index (χ0n) is 14.6. The number of benzene rings is 1. The molecule has 0 aliphatic carbocycles. The lowest BCUT2D eigenvalue weighted by Gasteiger charge is -2.07. The first-order chi connectivity index (χ1) is 12.2. The number of carbonyl (C=O) groups excluding carboxylic acids is 1. The van der Waals surface area contributed by atoms with Gasteiger partial charge in [-0.25, -0.2) is 14.8 Å². The van der Waals surface area contributed by atoms with Gasteiger partial charge in [-0.2, -0.15) is 0 Å². The number of aliphatic hydroxyl groups is 1. The fourth-order valence-electron chi connectivity index (χ4n) is 2.28. The lowest BCUT2D eigenvalue weighted by atomic mass is 10.1. The molecule has 2 aromatic rings. The van der Waals surface area contributed by atoms with Crippen LogP contribution in [0.2, 0.25) is 0 Å². The highest BCUT2D eigenvalue weighted by Crippen LogP contribution is 2.16. The SMILES string of the molecule is CCCCOC(=O)NCCCc1cnc(-c2cccc(CO)c2)nc1. The van der Waals surface area contributed by atoms with Crippen LogP contribution < -0.4 is 5.32 Å². The summed E-state index contributed by atoms with van der Waals surface area (Å²) in [6.07, 6.45) is 6.72. The monoisotopic (exact) mass is 343 g/mol. The molecular formula is C19H25N3O3. The minimum absolute atomic E-state index is 0.000196. The van der Waals surface area contributed by atoms with Crippen molar-refractivity contribution in [3.05, 3.63) is 47.8 Å². The van der Waals surface area contributed by atoms with Crippen LogP contribution in [-0.4, -0.2) is 34.3 Å². The summed E-state index contributed by atoms with van der Waals surface area (Å²) in [5, 5.41) is 11.9. The van der Waals surface area contributed by atoms with Crippen molar-refractivity contribution in [1.29, 1.82) is 0 Å². The molecule has 0 aliphatic heterocycles. The van der Waals surface area contributed by atoms with E-state index in [-0.39, 0.29) is 12.7 Å². The van der Waals surface area contributed by atoms with Crippen LogP contribution in [0.4, 0.5) is 4.79 Å². The van der Waals surface area contributed by atoms with Crippen molar-refractivity contribution in [3.8, 4) is 11.4 Å². The molecule has 1 aromatic carbocycles. The number of aromatic nitrogens is 2. The summed E-state index contributed by atoms with van der Waals surface area (Å²) >= 11 is 0. The molecule has 2 N–H and O–H groups in total. The van der Waals surface area contributed by atoms with E-state index in [0.29, 0.717) is 19.0 Å². The molecular weight excluding hydrogens is 318 g/mol. The Bertz CT molecular complexity index is 659. The number of hydrogen-bond donors (Lipinski definition) is 2. The van der Waals surface area contributed by atoms with Crippen LogP contribution in [0.1, 0.15) is 37.3 Å². The Morgan fingerprint density at radius 1 is 1.20 bits per heavy atom. The van der Waals surface area contributed by atoms with Gasteiger partial charge in [0.15, 0.2) is 5.82 Å². The van der Waals surface area contributed by atoms with Gasteiger partial charge in [-0.05, 0) is 36.5 Å². The third kappa shape index (κ3) is 6.51. The highest BCUT2D eigenvalue weighted by molar-refractivity contribution is 5.67. The standard InChI is InChI=1S/C19H25N3O3/c1-2-3-10-25-19(24)20-9-5-7-16-12-21-18(22-13-16)17-8-4-6-15(11-17)14-23/h4,6,8,11-13,23H,2-3,5,7,9-10,14H2,1H3,(H,20,24). The number of carbonyl (C=O) groups is 1. The van der Waals surface area contributed by atoms with E-state index < -0.39 is 0 Å². The minimum atomic E-state index is -0.358. The topological polar surface area (TPSA) is 84.3 Å². The molecule has 0 fully saturated rings. The fraction of sp³-hybridized carbons (Fsp3) is 0.421. The lowest BCUT2D eigenvalue weighted by molar-refractivity contribution is 0.144. The number of hydrogen-bond acceptors (Lipinski definition) is 5. The van der Waals surface area contributed by atoms with Gasteiger partial charge in [0.1, 0.15) is 0 Å². The Labute approximate surface area is 148 Å². The molecule has 0 unspecified atom stereocenters. The number of ether oxygens (including phenoxy) is 1. The molecule has 0 saturated carbocycles. The molecule has 0 atom stereocenters. The van der Waals surface area contributed by atoms with Gasteiger partial charge >= 0.3 is 6.09 Å². The van der Waals surface area contributed by atoms with Crippen molar-refractivity contribution < 1.29 is 14.6 Å². The smallest absolute Gasteiger partial charge is 0.407 e. The van der Waals surface area contributed by atoms with Crippen molar-refractivity contribution in [2.45, 2.75) is 39.2 Å². The van der Waals surface area contributed by atoms with Gasteiger partial charge < -0.3 is 15.2 Å². The third-order valence-electron chi connectivity index (χ3n) is 3.72. The molecule has 0 bridgehead atoms. The van der Waals surface area contributed by atoms with E-state index >= 15 is 0 Å². The van der Waals surface area contributed by atoms with E-state index in [1.54, 1.807) is 12.4 Å². The molecule has 1 heterocycles. The number of aryl methyl sites for hydroxylation is 1. The summed E-state index contributed by atoms with van der Waals surface area (Å²) in [6.45, 7) is 3.08. The van der Waals surface area contributed by atoms with E-state index in [0.717, 1.165) is 42.4 Å². The Morgan fingerprint density at radius 2 is 2.00 bits per heavy atom. The summed E-state index contributed by atoms with van der Waals surface area (Å²) in [6, 6.07) is 7.53. The van der Waals surface area contributed by atoms with Crippen molar-refractivity contribution >= 4 is 6.09 Å². The molecule has 0 saturated heterocycles. The highest BCUT2D eigenvalue weighted by Gasteiger charge is 2.04. The van der Waals surface area contributed by atoms with Crippen LogP contribution in [-0.2, 0) is 17.8 Å². The molecule has 6 heteroatoms. The van der Waals surface area contributed by atoms with Gasteiger partial charge in [-0.15, -0.1) is 0 Å². The first kappa shape index (κ1) is 18.9. The van der Waals surface area contributed by atoms with Crippen LogP contribution in [0.3, 0.4) is 0 Å². The lowest BCUT2D eigenvalue weighted by Crippen LogP contribution is -2.25. The maximum Gasteiger partial charge on any atom is 0.407 e. The molecule has 0 spiro atoms. The highest BCUT2D eigenvalue weighted by atomic mass is 16.5. The van der Waals surface area contributed by atoms with E-state index in [4.69, 9.17) is 4.74 Å². The second-order valence-electron chi connectivity index (χ2n) is 5.79. The third-order valence-corrected chi connectivity index (χ3v) is 3.72. The van der Waals surface area contributed by atoms with Crippen LogP contribution in [0, 0.1) is 0 Å². The van der Waals surface area contributed by atoms with Gasteiger partial charge in [-0.1, -0.05) is 31.5 Å². The summed E-state index contributed by atoms with van der Waals surface area (Å²) < 4.78 is 5.03. The number of aliphatic hydroxyl groups excluding tert-OH is 1. The first-order valence-electron chi connectivity index (χ1n) is 8.64. The first-order valence-corrected chi connectivity index (χ1v) is 8.64. The van der Waals surface area contributed by atoms with E-state index in [9.17, 15) is 9.90 Å². The average Bonchev–Trinajstić information content (AvgIpc) is 2.66. The molecule has 2 rings (SSSR count). The largest absolute Gasteiger partial charge is 0.450 e. The molecule has 0 aliphatic rings. The number of alkyl carbamates (subject to hydrolysis) is 1. The van der Waals surface area contributed by atoms with Crippen LogP contribution >= 0.6 is 0 Å². The molecule has 6 nitrogen and oxygen atoms in total. The normalized spacial score (nSPS) is 10.5. The number of nitrogens with one attached hydrogen (secondary N) is 1. The Kier molecular flexibility index (Phi) is 7.85. The molecule has 0 radical (unpaired) electrons. The maximum atomic E-state index is 11.4. The van der Waals surface area contributed by atoms with Crippen molar-refractivity contribution in [2.24, 2.45) is 0 Å². The predicted octanol–water partition coefficient (Wildman–Crippen LogP) is 3.09. The van der Waals surface area contributed by atoms with Gasteiger partial charge in [0.05, 0.1) is 13.2 Å². The summed E-state index contributed by atoms with van der Waals surface area (Å²) in [5.74, 6) is 0.636. The quantitative estimate of drug-likeness (QED) is 0.684. The van der Waals surface area contributed by atoms with Crippen molar-refractivity contribution in [1.82, 2.24) is 15.3 Å². The van der Waals surface area contributed by atoms with E-state index in [1.165, 1.54) is 0 Å². The number of rotatable bonds is 9. The Balaban J connectivity index is 1.76. The van der Waals surface area contributed by atoms with Crippen molar-refractivity contribution in [2.75, 3.05) is 13.2 Å². The van der Waals surface area contributed by atoms with Crippen LogP contribution in [0.25, 0.3) is 11.4 Å². The predicted molar refractivity (Wildman–Crippen MR) is 96.0 cm³/mol. The van der Waals surface area contributed by atoms with Crippen LogP contribution in [0.15, 0.2) is 36.7 Å². The number of amides is 1. The summed E-state index contributed by atoms with van der Waals surface area (Å²) in [4.78, 5) is 20.2. The zero-order valence-corrected chi connectivity index (χ0v) is 14.6. The molecule has 134 valence electrons. The average molecular weight is 343 g/mol. The van der Waals surface area contributed by atoms with Gasteiger partial charge in [-0.3, -0.25) is 0 Å². The molecule has 1 aromatic heterocycles. The van der Waals surface area contributed by atoms with E-state index in [1.807, 2.05) is 24.3 Å². The maximum absolute atomic E-state index is 11.4. The zero-order chi connectivity index (χ0) is 17.9. The fourth-order valence-corrected chi connectivity index (χ4v) is 2.28. The molecule has 1 amide bonds. The summed E-state index contributed by atoms with van der Waals surface area (Å²) in [5.41, 5.74) is 2.74. The second kappa shape index (κ2) is 10.4. The second-order valence-corrected chi connectivity index (χ2v) is 5.79. The summed E-state index contributed by atoms with van der Waals surface area (Å²) in [7, 11) is 0. The van der Waals surface area contributed by atoms with Gasteiger partial charge in [0.2, 0.25) is 0 Å². The number of nitrogens with zero attached hydrogens (tertiary/aromatic N) is 2. The van der Waals surface area contributed by atoms with Crippen molar-refractivity contribution in [3.63, 3.8) is 0 Å². The Hall–Kier alpha value is -2.47. The van der Waals surface area contributed by atoms with Crippen LogP contribution in [0.5, 0.6) is 0 Å². The minimum Gasteiger partial charge on any atom is -0.450 e. The van der Waals surface area contributed by atoms with Gasteiger partial charge in [0, 0.05) is 24.5 Å². The molecule has 25 heavy (non-hydrogen) atoms. The van der Waals surface area contributed by atoms with E-state index in [2.05, 4.69) is 22.2 Å². The van der Waals surface area contributed by atoms with Gasteiger partial charge in [0.25, 0.3) is 0 Å².